The predicted molar refractivity (Wildman–Crippen MR) is 125 cm³/mol. The molecule has 2 fully saturated rings. The van der Waals surface area contributed by atoms with Crippen LogP contribution in [0.3, 0.4) is 0 Å². The lowest BCUT2D eigenvalue weighted by atomic mass is 10.1. The quantitative estimate of drug-likeness (QED) is 0.668. The smallest absolute Gasteiger partial charge is 0.242 e. The molecule has 0 radical (unpaired) electrons. The van der Waals surface area contributed by atoms with Gasteiger partial charge in [-0.15, -0.1) is 10.2 Å². The van der Waals surface area contributed by atoms with E-state index in [0.29, 0.717) is 26.2 Å². The highest BCUT2D eigenvalue weighted by Gasteiger charge is 2.36. The Balaban J connectivity index is 1.32. The molecular formula is C25H33N5O2. The number of benzene rings is 1. The van der Waals surface area contributed by atoms with Crippen LogP contribution in [-0.4, -0.2) is 70.6 Å². The van der Waals surface area contributed by atoms with Crippen molar-refractivity contribution in [3.05, 3.63) is 42.0 Å². The number of carbonyl (C=O) groups excluding carboxylic acids is 2. The van der Waals surface area contributed by atoms with Crippen molar-refractivity contribution in [1.82, 2.24) is 20.0 Å². The summed E-state index contributed by atoms with van der Waals surface area (Å²) in [5.41, 5.74) is 3.12. The maximum atomic E-state index is 12.9. The number of aromatic nitrogens is 2. The van der Waals surface area contributed by atoms with E-state index >= 15 is 0 Å². The molecule has 1 saturated heterocycles. The van der Waals surface area contributed by atoms with Crippen LogP contribution in [0.15, 0.2) is 36.4 Å². The molecule has 0 bridgehead atoms. The predicted octanol–water partition coefficient (Wildman–Crippen LogP) is 3.14. The zero-order chi connectivity index (χ0) is 22.7. The number of anilines is 1. The minimum Gasteiger partial charge on any atom is -0.352 e. The Bertz CT molecular complexity index is 932. The number of nitrogens with zero attached hydrogens (tertiary/aromatic N) is 5. The topological polar surface area (TPSA) is 69.6 Å². The van der Waals surface area contributed by atoms with E-state index < -0.39 is 0 Å². The van der Waals surface area contributed by atoms with E-state index in [2.05, 4.69) is 53.2 Å². The van der Waals surface area contributed by atoms with E-state index in [9.17, 15) is 9.59 Å². The van der Waals surface area contributed by atoms with Gasteiger partial charge in [-0.3, -0.25) is 9.59 Å². The molecule has 1 atom stereocenters. The molecule has 1 aliphatic heterocycles. The molecule has 7 nitrogen and oxygen atoms in total. The normalized spacial score (nSPS) is 17.2. The maximum absolute atomic E-state index is 12.9. The first-order valence-electron chi connectivity index (χ1n) is 11.7. The van der Waals surface area contributed by atoms with Crippen LogP contribution >= 0.6 is 0 Å². The molecular weight excluding hydrogens is 402 g/mol. The van der Waals surface area contributed by atoms with Crippen molar-refractivity contribution in [1.29, 1.82) is 0 Å². The fraction of sp³-hybridized carbons (Fsp3) is 0.520. The lowest BCUT2D eigenvalue weighted by molar-refractivity contribution is -0.143. The third kappa shape index (κ3) is 5.09. The molecule has 2 amide bonds. The van der Waals surface area contributed by atoms with Gasteiger partial charge >= 0.3 is 0 Å². The van der Waals surface area contributed by atoms with Crippen LogP contribution in [0.5, 0.6) is 0 Å². The summed E-state index contributed by atoms with van der Waals surface area (Å²) in [7, 11) is 0. The molecule has 4 rings (SSSR count). The zero-order valence-electron chi connectivity index (χ0n) is 19.3. The SMILES string of the molecule is CCC(C)N(CC(=O)N1CCN(c2ccc(-c3ccc(C)cc3)nn2)CC1)C(=O)C1CC1. The van der Waals surface area contributed by atoms with Gasteiger partial charge in [0.15, 0.2) is 5.82 Å². The number of amides is 2. The first-order chi connectivity index (χ1) is 15.5. The van der Waals surface area contributed by atoms with Gasteiger partial charge in [0, 0.05) is 43.7 Å². The third-order valence-corrected chi connectivity index (χ3v) is 6.59. The standard InChI is InChI=1S/C25H33N5O2/c1-4-19(3)30(25(32)21-9-10-21)17-24(31)29-15-13-28(14-16-29)23-12-11-22(26-27-23)20-7-5-18(2)6-8-20/h5-8,11-12,19,21H,4,9-10,13-17H2,1-3H3. The van der Waals surface area contributed by atoms with Gasteiger partial charge in [0.05, 0.1) is 12.2 Å². The number of piperazine rings is 1. The number of rotatable bonds is 7. The van der Waals surface area contributed by atoms with E-state index in [4.69, 9.17) is 0 Å². The summed E-state index contributed by atoms with van der Waals surface area (Å²) in [6.07, 6.45) is 2.78. The summed E-state index contributed by atoms with van der Waals surface area (Å²) in [5, 5.41) is 8.82. The largest absolute Gasteiger partial charge is 0.352 e. The first kappa shape index (κ1) is 22.2. The number of carbonyl (C=O) groups is 2. The Morgan fingerprint density at radius 1 is 1.03 bits per heavy atom. The van der Waals surface area contributed by atoms with Crippen molar-refractivity contribution in [2.45, 2.75) is 46.1 Å². The highest BCUT2D eigenvalue weighted by Crippen LogP contribution is 2.32. The van der Waals surface area contributed by atoms with Crippen LogP contribution in [0.2, 0.25) is 0 Å². The summed E-state index contributed by atoms with van der Waals surface area (Å²) < 4.78 is 0. The van der Waals surface area contributed by atoms with Gasteiger partial charge in [-0.2, -0.15) is 0 Å². The minimum atomic E-state index is 0.0414. The fourth-order valence-electron chi connectivity index (χ4n) is 4.04. The fourth-order valence-corrected chi connectivity index (χ4v) is 4.04. The number of hydrogen-bond acceptors (Lipinski definition) is 5. The molecule has 7 heteroatoms. The second-order valence-electron chi connectivity index (χ2n) is 9.01. The van der Waals surface area contributed by atoms with Gasteiger partial charge in [-0.1, -0.05) is 36.8 Å². The third-order valence-electron chi connectivity index (χ3n) is 6.59. The molecule has 2 aromatic rings. The van der Waals surface area contributed by atoms with Crippen LogP contribution < -0.4 is 4.90 Å². The second-order valence-corrected chi connectivity index (χ2v) is 9.01. The molecule has 1 aliphatic carbocycles. The highest BCUT2D eigenvalue weighted by molar-refractivity contribution is 5.87. The summed E-state index contributed by atoms with van der Waals surface area (Å²) in [5.74, 6) is 1.16. The molecule has 1 unspecified atom stereocenters. The first-order valence-corrected chi connectivity index (χ1v) is 11.7. The van der Waals surface area contributed by atoms with Gasteiger partial charge in [-0.25, -0.2) is 0 Å². The molecule has 170 valence electrons. The van der Waals surface area contributed by atoms with Crippen molar-refractivity contribution in [3.63, 3.8) is 0 Å². The highest BCUT2D eigenvalue weighted by atomic mass is 16.2. The van der Waals surface area contributed by atoms with E-state index in [-0.39, 0.29) is 30.3 Å². The van der Waals surface area contributed by atoms with E-state index in [1.54, 1.807) is 4.90 Å². The molecule has 32 heavy (non-hydrogen) atoms. The second kappa shape index (κ2) is 9.67. The Kier molecular flexibility index (Phi) is 6.72. The van der Waals surface area contributed by atoms with Crippen molar-refractivity contribution in [2.75, 3.05) is 37.6 Å². The van der Waals surface area contributed by atoms with Crippen molar-refractivity contribution in [2.24, 2.45) is 5.92 Å². The number of hydrogen-bond donors (Lipinski definition) is 0. The van der Waals surface area contributed by atoms with E-state index in [1.807, 2.05) is 24.0 Å². The van der Waals surface area contributed by atoms with Crippen LogP contribution in [0.25, 0.3) is 11.3 Å². The van der Waals surface area contributed by atoms with Gasteiger partial charge < -0.3 is 14.7 Å². The van der Waals surface area contributed by atoms with E-state index in [1.165, 1.54) is 5.56 Å². The van der Waals surface area contributed by atoms with Crippen molar-refractivity contribution in [3.8, 4) is 11.3 Å². The molecule has 0 spiro atoms. The Morgan fingerprint density at radius 2 is 1.72 bits per heavy atom. The summed E-state index contributed by atoms with van der Waals surface area (Å²) >= 11 is 0. The van der Waals surface area contributed by atoms with Gasteiger partial charge in [0.25, 0.3) is 0 Å². The molecule has 1 aromatic carbocycles. The van der Waals surface area contributed by atoms with Crippen molar-refractivity contribution < 1.29 is 9.59 Å². The van der Waals surface area contributed by atoms with Crippen molar-refractivity contribution >= 4 is 17.6 Å². The number of aryl methyl sites for hydroxylation is 1. The molecule has 0 N–H and O–H groups in total. The Morgan fingerprint density at radius 3 is 2.28 bits per heavy atom. The lowest BCUT2D eigenvalue weighted by Crippen LogP contribution is -2.53. The lowest BCUT2D eigenvalue weighted by Gasteiger charge is -2.37. The van der Waals surface area contributed by atoms with Crippen LogP contribution in [-0.2, 0) is 9.59 Å². The monoisotopic (exact) mass is 435 g/mol. The van der Waals surface area contributed by atoms with E-state index in [0.717, 1.165) is 36.3 Å². The van der Waals surface area contributed by atoms with Gasteiger partial charge in [0.1, 0.15) is 0 Å². The van der Waals surface area contributed by atoms with Gasteiger partial charge in [-0.05, 0) is 45.2 Å². The molecule has 2 heterocycles. The van der Waals surface area contributed by atoms with Gasteiger partial charge in [0.2, 0.25) is 11.8 Å². The zero-order valence-corrected chi connectivity index (χ0v) is 19.3. The molecule has 1 aromatic heterocycles. The molecule has 1 saturated carbocycles. The van der Waals surface area contributed by atoms with Crippen LogP contribution in [0.4, 0.5) is 5.82 Å². The summed E-state index contributed by atoms with van der Waals surface area (Å²) in [6.45, 7) is 9.04. The average molecular weight is 436 g/mol. The summed E-state index contributed by atoms with van der Waals surface area (Å²) in [4.78, 5) is 31.4. The maximum Gasteiger partial charge on any atom is 0.242 e. The molecule has 2 aliphatic rings. The summed E-state index contributed by atoms with van der Waals surface area (Å²) in [6, 6.07) is 12.3. The van der Waals surface area contributed by atoms with Crippen LogP contribution in [0, 0.1) is 12.8 Å². The minimum absolute atomic E-state index is 0.0414. The van der Waals surface area contributed by atoms with Crippen LogP contribution in [0.1, 0.15) is 38.7 Å². The Hall–Kier alpha value is -2.96. The average Bonchev–Trinajstić information content (AvgIpc) is 3.68. The Labute approximate surface area is 190 Å².